The smallest absolute Gasteiger partial charge is 0.342 e. The van der Waals surface area contributed by atoms with Crippen LogP contribution in [0.5, 0.6) is 17.2 Å². The molecule has 28 heavy (non-hydrogen) atoms. The zero-order valence-corrected chi connectivity index (χ0v) is 16.4. The number of anilines is 1. The number of methoxy groups -OCH3 is 3. The standard InChI is InChI=1S/C19H19ClFNO6/c1-10(18(23)22-14-6-5-11(21)7-13(14)20)28-19(24)12-8-16(26-3)17(27-4)9-15(12)25-2/h5-10H,1-4H3,(H,22,23)/t10-/m0/s1. The topological polar surface area (TPSA) is 83.1 Å². The highest BCUT2D eigenvalue weighted by molar-refractivity contribution is 6.33. The predicted octanol–water partition coefficient (Wildman–Crippen LogP) is 3.69. The maximum atomic E-state index is 13.1. The van der Waals surface area contributed by atoms with Crippen LogP contribution >= 0.6 is 11.6 Å². The molecule has 0 bridgehead atoms. The Morgan fingerprint density at radius 2 is 1.61 bits per heavy atom. The summed E-state index contributed by atoms with van der Waals surface area (Å²) in [7, 11) is 4.24. The third-order valence-corrected chi connectivity index (χ3v) is 4.08. The summed E-state index contributed by atoms with van der Waals surface area (Å²) in [5.41, 5.74) is 0.249. The average Bonchev–Trinajstić information content (AvgIpc) is 2.68. The maximum Gasteiger partial charge on any atom is 0.342 e. The van der Waals surface area contributed by atoms with Gasteiger partial charge in [0.2, 0.25) is 0 Å². The van der Waals surface area contributed by atoms with Crippen LogP contribution in [0.15, 0.2) is 30.3 Å². The summed E-state index contributed by atoms with van der Waals surface area (Å²) in [4.78, 5) is 24.8. The summed E-state index contributed by atoms with van der Waals surface area (Å²) in [5, 5.41) is 2.49. The van der Waals surface area contributed by atoms with E-state index in [2.05, 4.69) is 5.32 Å². The van der Waals surface area contributed by atoms with Gasteiger partial charge in [0.15, 0.2) is 17.6 Å². The van der Waals surface area contributed by atoms with E-state index in [4.69, 9.17) is 30.5 Å². The zero-order valence-electron chi connectivity index (χ0n) is 15.7. The molecule has 0 saturated heterocycles. The van der Waals surface area contributed by atoms with Crippen molar-refractivity contribution in [3.8, 4) is 17.2 Å². The number of halogens is 2. The predicted molar refractivity (Wildman–Crippen MR) is 101 cm³/mol. The van der Waals surface area contributed by atoms with Gasteiger partial charge in [-0.2, -0.15) is 0 Å². The van der Waals surface area contributed by atoms with Gasteiger partial charge in [0, 0.05) is 12.1 Å². The maximum absolute atomic E-state index is 13.1. The Labute approximate surface area is 166 Å². The first-order valence-electron chi connectivity index (χ1n) is 8.07. The molecule has 1 amide bonds. The van der Waals surface area contributed by atoms with Gasteiger partial charge >= 0.3 is 5.97 Å². The summed E-state index contributed by atoms with van der Waals surface area (Å²) in [6, 6.07) is 6.37. The molecule has 0 aliphatic rings. The van der Waals surface area contributed by atoms with Gasteiger partial charge < -0.3 is 24.3 Å². The number of nitrogens with one attached hydrogen (secondary N) is 1. The lowest BCUT2D eigenvalue weighted by atomic mass is 10.1. The third kappa shape index (κ3) is 4.83. The molecule has 1 atom stereocenters. The first-order chi connectivity index (χ1) is 13.3. The summed E-state index contributed by atoms with van der Waals surface area (Å²) in [6.07, 6.45) is -1.16. The van der Waals surface area contributed by atoms with Crippen molar-refractivity contribution in [3.63, 3.8) is 0 Å². The summed E-state index contributed by atoms with van der Waals surface area (Å²) >= 11 is 5.88. The van der Waals surface area contributed by atoms with E-state index >= 15 is 0 Å². The fourth-order valence-corrected chi connectivity index (χ4v) is 2.51. The van der Waals surface area contributed by atoms with Gasteiger partial charge in [-0.25, -0.2) is 9.18 Å². The Morgan fingerprint density at radius 1 is 1.00 bits per heavy atom. The van der Waals surface area contributed by atoms with Crippen LogP contribution in [0.1, 0.15) is 17.3 Å². The van der Waals surface area contributed by atoms with Crippen LogP contribution in [0.4, 0.5) is 10.1 Å². The van der Waals surface area contributed by atoms with Crippen molar-refractivity contribution in [1.29, 1.82) is 0 Å². The molecular formula is C19H19ClFNO6. The Kier molecular flexibility index (Phi) is 7.06. The number of amides is 1. The summed E-state index contributed by atoms with van der Waals surface area (Å²) in [6.45, 7) is 1.39. The number of hydrogen-bond donors (Lipinski definition) is 1. The van der Waals surface area contributed by atoms with Crippen LogP contribution in [0.25, 0.3) is 0 Å². The number of rotatable bonds is 7. The Balaban J connectivity index is 2.16. The van der Waals surface area contributed by atoms with Crippen molar-refractivity contribution < 1.29 is 32.9 Å². The number of carbonyl (C=O) groups is 2. The molecule has 0 fully saturated rings. The number of benzene rings is 2. The van der Waals surface area contributed by atoms with Gasteiger partial charge in [-0.1, -0.05) is 11.6 Å². The molecule has 2 aromatic carbocycles. The minimum atomic E-state index is -1.16. The molecular weight excluding hydrogens is 393 g/mol. The molecule has 0 spiro atoms. The first-order valence-corrected chi connectivity index (χ1v) is 8.45. The van der Waals surface area contributed by atoms with Gasteiger partial charge in [-0.15, -0.1) is 0 Å². The molecule has 0 saturated carbocycles. The fraction of sp³-hybridized carbons (Fsp3) is 0.263. The Morgan fingerprint density at radius 3 is 2.18 bits per heavy atom. The van der Waals surface area contributed by atoms with Gasteiger partial charge in [0.1, 0.15) is 17.1 Å². The SMILES string of the molecule is COc1cc(OC)c(C(=O)O[C@@H](C)C(=O)Nc2ccc(F)cc2Cl)cc1OC. The lowest BCUT2D eigenvalue weighted by molar-refractivity contribution is -0.123. The molecule has 0 aliphatic heterocycles. The number of ether oxygens (including phenoxy) is 4. The van der Waals surface area contributed by atoms with E-state index in [-0.39, 0.29) is 22.0 Å². The van der Waals surface area contributed by atoms with Crippen molar-refractivity contribution in [2.75, 3.05) is 26.6 Å². The Hall–Kier alpha value is -3.00. The highest BCUT2D eigenvalue weighted by atomic mass is 35.5. The van der Waals surface area contributed by atoms with Crippen molar-refractivity contribution in [2.24, 2.45) is 0 Å². The van der Waals surface area contributed by atoms with Crippen LogP contribution in [0.2, 0.25) is 5.02 Å². The van der Waals surface area contributed by atoms with E-state index in [1.165, 1.54) is 46.5 Å². The number of esters is 1. The van der Waals surface area contributed by atoms with E-state index in [0.717, 1.165) is 12.1 Å². The highest BCUT2D eigenvalue weighted by Gasteiger charge is 2.24. The van der Waals surface area contributed by atoms with Crippen molar-refractivity contribution in [2.45, 2.75) is 13.0 Å². The van der Waals surface area contributed by atoms with E-state index in [1.54, 1.807) is 0 Å². The third-order valence-electron chi connectivity index (χ3n) is 3.77. The second-order valence-corrected chi connectivity index (χ2v) is 5.98. The van der Waals surface area contributed by atoms with Gasteiger partial charge in [-0.05, 0) is 25.1 Å². The summed E-state index contributed by atoms with van der Waals surface area (Å²) in [5.74, 6) is -1.12. The van der Waals surface area contributed by atoms with E-state index in [0.29, 0.717) is 11.5 Å². The van der Waals surface area contributed by atoms with Crippen molar-refractivity contribution >= 4 is 29.2 Å². The largest absolute Gasteiger partial charge is 0.496 e. The van der Waals surface area contributed by atoms with Crippen LogP contribution in [-0.4, -0.2) is 39.3 Å². The molecule has 0 aliphatic carbocycles. The fourth-order valence-electron chi connectivity index (χ4n) is 2.29. The van der Waals surface area contributed by atoms with Gasteiger partial charge in [-0.3, -0.25) is 4.79 Å². The summed E-state index contributed by atoms with van der Waals surface area (Å²) < 4.78 is 33.8. The quantitative estimate of drug-likeness (QED) is 0.700. The van der Waals surface area contributed by atoms with Gasteiger partial charge in [0.05, 0.1) is 32.0 Å². The number of hydrogen-bond acceptors (Lipinski definition) is 6. The van der Waals surface area contributed by atoms with Crippen molar-refractivity contribution in [3.05, 3.63) is 46.7 Å². The lowest BCUT2D eigenvalue weighted by Gasteiger charge is -2.17. The molecule has 7 nitrogen and oxygen atoms in total. The first kappa shape index (κ1) is 21.3. The zero-order chi connectivity index (χ0) is 20.8. The molecule has 9 heteroatoms. The minimum Gasteiger partial charge on any atom is -0.496 e. The second kappa shape index (κ2) is 9.27. The second-order valence-electron chi connectivity index (χ2n) is 5.57. The minimum absolute atomic E-state index is 0.0217. The van der Waals surface area contributed by atoms with E-state index in [9.17, 15) is 14.0 Å². The number of carbonyl (C=O) groups excluding carboxylic acids is 2. The normalized spacial score (nSPS) is 11.4. The van der Waals surface area contributed by atoms with Crippen LogP contribution in [0.3, 0.4) is 0 Å². The average molecular weight is 412 g/mol. The molecule has 150 valence electrons. The van der Waals surface area contributed by atoms with Crippen LogP contribution in [0, 0.1) is 5.82 Å². The molecule has 2 aromatic rings. The molecule has 0 radical (unpaired) electrons. The molecule has 0 heterocycles. The monoisotopic (exact) mass is 411 g/mol. The van der Waals surface area contributed by atoms with Crippen molar-refractivity contribution in [1.82, 2.24) is 0 Å². The van der Waals surface area contributed by atoms with Gasteiger partial charge in [0.25, 0.3) is 5.91 Å². The van der Waals surface area contributed by atoms with Crippen LogP contribution in [-0.2, 0) is 9.53 Å². The lowest BCUT2D eigenvalue weighted by Crippen LogP contribution is -2.30. The van der Waals surface area contributed by atoms with E-state index in [1.807, 2.05) is 0 Å². The van der Waals surface area contributed by atoms with E-state index < -0.39 is 23.8 Å². The molecule has 2 rings (SSSR count). The molecule has 1 N–H and O–H groups in total. The highest BCUT2D eigenvalue weighted by Crippen LogP contribution is 2.35. The molecule has 0 aromatic heterocycles. The van der Waals surface area contributed by atoms with Crippen LogP contribution < -0.4 is 19.5 Å². The molecule has 0 unspecified atom stereocenters. The Bertz CT molecular complexity index is 889.